The van der Waals surface area contributed by atoms with Crippen LogP contribution < -0.4 is 5.32 Å². The first-order chi connectivity index (χ1) is 11.3. The number of sulfonamides is 1. The number of hydrogen-bond donors (Lipinski definition) is 2. The van der Waals surface area contributed by atoms with Crippen LogP contribution in [-0.2, 0) is 10.0 Å². The van der Waals surface area contributed by atoms with Crippen LogP contribution in [0.2, 0.25) is 0 Å². The molecule has 8 heteroatoms. The number of rotatable bonds is 4. The number of aliphatic hydroxyl groups is 1. The largest absolute Gasteiger partial charge is 0.394 e. The van der Waals surface area contributed by atoms with Crippen LogP contribution >= 0.6 is 12.2 Å². The van der Waals surface area contributed by atoms with Crippen LogP contribution in [0.25, 0.3) is 0 Å². The maximum absolute atomic E-state index is 12.3. The summed E-state index contributed by atoms with van der Waals surface area (Å²) in [5, 5.41) is 13.2. The second-order valence-electron chi connectivity index (χ2n) is 6.22. The number of likely N-dealkylation sites (tertiary alicyclic amines) is 1. The molecule has 0 amide bonds. The molecule has 1 saturated heterocycles. The lowest BCUT2D eigenvalue weighted by molar-refractivity contribution is 0.149. The van der Waals surface area contributed by atoms with E-state index in [9.17, 15) is 13.5 Å². The Bertz CT molecular complexity index is 705. The number of anilines is 1. The van der Waals surface area contributed by atoms with Gasteiger partial charge in [-0.1, -0.05) is 6.07 Å². The van der Waals surface area contributed by atoms with Gasteiger partial charge in [0, 0.05) is 26.3 Å². The van der Waals surface area contributed by atoms with Crippen molar-refractivity contribution < 1.29 is 13.5 Å². The van der Waals surface area contributed by atoms with E-state index in [4.69, 9.17) is 12.2 Å². The zero-order valence-corrected chi connectivity index (χ0v) is 16.0. The highest BCUT2D eigenvalue weighted by Gasteiger charge is 2.24. The summed E-state index contributed by atoms with van der Waals surface area (Å²) in [6.07, 6.45) is 3.03. The van der Waals surface area contributed by atoms with Gasteiger partial charge in [-0.2, -0.15) is 0 Å². The number of benzene rings is 1. The van der Waals surface area contributed by atoms with Crippen LogP contribution in [0.1, 0.15) is 24.8 Å². The van der Waals surface area contributed by atoms with Crippen molar-refractivity contribution >= 4 is 33.0 Å². The molecule has 1 fully saturated rings. The number of aliphatic hydroxyl groups excluding tert-OH is 1. The third kappa shape index (κ3) is 4.05. The minimum atomic E-state index is -3.50. The summed E-state index contributed by atoms with van der Waals surface area (Å²) >= 11 is 5.49. The van der Waals surface area contributed by atoms with Crippen LogP contribution in [0.15, 0.2) is 23.1 Å². The zero-order valence-electron chi connectivity index (χ0n) is 14.3. The average molecular weight is 372 g/mol. The highest BCUT2D eigenvalue weighted by molar-refractivity contribution is 7.89. The number of nitrogens with one attached hydrogen (secondary N) is 1. The topological polar surface area (TPSA) is 72.9 Å². The number of hydrogen-bond acceptors (Lipinski definition) is 4. The van der Waals surface area contributed by atoms with E-state index in [2.05, 4.69) is 5.32 Å². The molecule has 0 spiro atoms. The molecule has 24 heavy (non-hydrogen) atoms. The van der Waals surface area contributed by atoms with Gasteiger partial charge in [0.25, 0.3) is 0 Å². The number of aryl methyl sites for hydroxylation is 1. The Balaban J connectivity index is 2.24. The van der Waals surface area contributed by atoms with Crippen LogP contribution in [0.5, 0.6) is 0 Å². The lowest BCUT2D eigenvalue weighted by Gasteiger charge is -2.36. The van der Waals surface area contributed by atoms with Crippen molar-refractivity contribution in [2.75, 3.05) is 32.6 Å². The Hall–Kier alpha value is -1.22. The lowest BCUT2D eigenvalue weighted by atomic mass is 10.0. The van der Waals surface area contributed by atoms with Crippen molar-refractivity contribution in [3.63, 3.8) is 0 Å². The molecule has 0 unspecified atom stereocenters. The molecule has 2 N–H and O–H groups in total. The SMILES string of the molecule is Cc1ccc(S(=O)(=O)N(C)C)cc1NC(=S)N1CCCC[C@H]1CO. The molecule has 0 aliphatic carbocycles. The van der Waals surface area contributed by atoms with Crippen molar-refractivity contribution in [1.82, 2.24) is 9.21 Å². The third-order valence-electron chi connectivity index (χ3n) is 4.33. The van der Waals surface area contributed by atoms with Crippen molar-refractivity contribution in [3.05, 3.63) is 23.8 Å². The van der Waals surface area contributed by atoms with Gasteiger partial charge in [0.15, 0.2) is 5.11 Å². The van der Waals surface area contributed by atoms with Crippen LogP contribution in [-0.4, -0.2) is 61.1 Å². The van der Waals surface area contributed by atoms with E-state index in [-0.39, 0.29) is 17.5 Å². The van der Waals surface area contributed by atoms with E-state index < -0.39 is 10.0 Å². The fourth-order valence-corrected chi connectivity index (χ4v) is 4.03. The smallest absolute Gasteiger partial charge is 0.242 e. The van der Waals surface area contributed by atoms with Gasteiger partial charge in [-0.15, -0.1) is 0 Å². The molecule has 6 nitrogen and oxygen atoms in total. The summed E-state index contributed by atoms with van der Waals surface area (Å²) in [6.45, 7) is 2.76. The molecule has 2 rings (SSSR count). The molecular formula is C16H25N3O3S2. The van der Waals surface area contributed by atoms with Crippen molar-refractivity contribution in [2.45, 2.75) is 37.1 Å². The Morgan fingerprint density at radius 2 is 2.12 bits per heavy atom. The number of piperidine rings is 1. The predicted octanol–water partition coefficient (Wildman–Crippen LogP) is 1.79. The number of thiocarbonyl (C=S) groups is 1. The van der Waals surface area contributed by atoms with Gasteiger partial charge in [0.05, 0.1) is 17.5 Å². The first-order valence-corrected chi connectivity index (χ1v) is 9.84. The molecule has 1 aliphatic heterocycles. The highest BCUT2D eigenvalue weighted by Crippen LogP contribution is 2.24. The lowest BCUT2D eigenvalue weighted by Crippen LogP contribution is -2.47. The fraction of sp³-hybridized carbons (Fsp3) is 0.562. The molecule has 0 saturated carbocycles. The first-order valence-electron chi connectivity index (χ1n) is 7.99. The molecule has 1 aliphatic rings. The summed E-state index contributed by atoms with van der Waals surface area (Å²) in [5.41, 5.74) is 1.58. The first kappa shape index (κ1) is 19.1. The van der Waals surface area contributed by atoms with E-state index in [1.807, 2.05) is 11.8 Å². The Morgan fingerprint density at radius 1 is 1.42 bits per heavy atom. The van der Waals surface area contributed by atoms with Gasteiger partial charge in [-0.25, -0.2) is 12.7 Å². The van der Waals surface area contributed by atoms with Gasteiger partial charge < -0.3 is 15.3 Å². The normalized spacial score (nSPS) is 18.7. The summed E-state index contributed by atoms with van der Waals surface area (Å²) in [5.74, 6) is 0. The minimum absolute atomic E-state index is 0.0211. The van der Waals surface area contributed by atoms with E-state index in [1.54, 1.807) is 18.2 Å². The third-order valence-corrected chi connectivity index (χ3v) is 6.48. The quantitative estimate of drug-likeness (QED) is 0.786. The predicted molar refractivity (Wildman–Crippen MR) is 99.7 cm³/mol. The Kier molecular flexibility index (Phi) is 6.19. The van der Waals surface area contributed by atoms with Crippen LogP contribution in [0.4, 0.5) is 5.69 Å². The summed E-state index contributed by atoms with van der Waals surface area (Å²) in [4.78, 5) is 2.21. The molecule has 1 heterocycles. The zero-order chi connectivity index (χ0) is 17.9. The molecular weight excluding hydrogens is 346 g/mol. The molecule has 134 valence electrons. The fourth-order valence-electron chi connectivity index (χ4n) is 2.75. The van der Waals surface area contributed by atoms with E-state index in [1.165, 1.54) is 18.4 Å². The summed E-state index contributed by atoms with van der Waals surface area (Å²) in [7, 11) is -0.483. The van der Waals surface area contributed by atoms with Crippen molar-refractivity contribution in [2.24, 2.45) is 0 Å². The molecule has 0 radical (unpaired) electrons. The van der Waals surface area contributed by atoms with Gasteiger partial charge >= 0.3 is 0 Å². The second kappa shape index (κ2) is 7.77. The van der Waals surface area contributed by atoms with Gasteiger partial charge in [0.1, 0.15) is 0 Å². The molecule has 0 bridgehead atoms. The van der Waals surface area contributed by atoms with Gasteiger partial charge in [0.2, 0.25) is 10.0 Å². The Morgan fingerprint density at radius 3 is 2.75 bits per heavy atom. The van der Waals surface area contributed by atoms with E-state index in [0.717, 1.165) is 31.4 Å². The van der Waals surface area contributed by atoms with Crippen molar-refractivity contribution in [1.29, 1.82) is 0 Å². The Labute approximate surface area is 149 Å². The maximum Gasteiger partial charge on any atom is 0.242 e. The monoisotopic (exact) mass is 371 g/mol. The van der Waals surface area contributed by atoms with Crippen LogP contribution in [0.3, 0.4) is 0 Å². The molecule has 1 aromatic carbocycles. The van der Waals surface area contributed by atoms with Gasteiger partial charge in [-0.05, 0) is 56.1 Å². The molecule has 1 atom stereocenters. The van der Waals surface area contributed by atoms with Crippen molar-refractivity contribution in [3.8, 4) is 0 Å². The maximum atomic E-state index is 12.3. The minimum Gasteiger partial charge on any atom is -0.394 e. The summed E-state index contributed by atoms with van der Waals surface area (Å²) < 4.78 is 25.8. The molecule has 1 aromatic rings. The molecule has 0 aromatic heterocycles. The standard InChI is InChI=1S/C16H25N3O3S2/c1-12-7-8-14(24(21,22)18(2)3)10-15(12)17-16(23)19-9-5-4-6-13(19)11-20/h7-8,10,13,20H,4-6,9,11H2,1-3H3,(H,17,23)/t13-/m0/s1. The summed E-state index contributed by atoms with van der Waals surface area (Å²) in [6, 6.07) is 4.99. The van der Waals surface area contributed by atoms with Crippen LogP contribution in [0, 0.1) is 6.92 Å². The average Bonchev–Trinajstić information content (AvgIpc) is 2.56. The number of nitrogens with zero attached hydrogens (tertiary/aromatic N) is 2. The van der Waals surface area contributed by atoms with Gasteiger partial charge in [-0.3, -0.25) is 0 Å². The van der Waals surface area contributed by atoms with E-state index in [0.29, 0.717) is 10.8 Å². The van der Waals surface area contributed by atoms with E-state index >= 15 is 0 Å². The highest BCUT2D eigenvalue weighted by atomic mass is 32.2. The second-order valence-corrected chi connectivity index (χ2v) is 8.76.